The summed E-state index contributed by atoms with van der Waals surface area (Å²) in [5.41, 5.74) is 9.43. The largest absolute Gasteiger partial charge is 0.228 e. The van der Waals surface area contributed by atoms with Crippen molar-refractivity contribution in [3.8, 4) is 79.2 Å². The highest BCUT2D eigenvalue weighted by Gasteiger charge is 2.19. The fourth-order valence-corrected chi connectivity index (χ4v) is 8.12. The van der Waals surface area contributed by atoms with Crippen LogP contribution in [0.4, 0.5) is 0 Å². The second-order valence-corrected chi connectivity index (χ2v) is 14.4. The molecule has 10 rings (SSSR count). The molecule has 0 spiro atoms. The Hall–Kier alpha value is -7.15. The van der Waals surface area contributed by atoms with Gasteiger partial charge < -0.3 is 0 Å². The van der Waals surface area contributed by atoms with Crippen molar-refractivity contribution in [3.05, 3.63) is 188 Å². The summed E-state index contributed by atoms with van der Waals surface area (Å²) in [7, 11) is 0. The third-order valence-corrected chi connectivity index (χ3v) is 10.9. The summed E-state index contributed by atoms with van der Waals surface area (Å²) in [5, 5.41) is 2.50. The third-order valence-electron chi connectivity index (χ3n) is 9.77. The molecule has 0 atom stereocenters. The number of rotatable bonds is 7. The van der Waals surface area contributed by atoms with Gasteiger partial charge in [0.05, 0.1) is 11.4 Å². The topological polar surface area (TPSA) is 64.5 Å². The highest BCUT2D eigenvalue weighted by atomic mass is 32.1. The van der Waals surface area contributed by atoms with Gasteiger partial charge in [0.1, 0.15) is 0 Å². The van der Waals surface area contributed by atoms with Crippen LogP contribution in [0.15, 0.2) is 188 Å². The normalized spacial score (nSPS) is 11.3. The van der Waals surface area contributed by atoms with Gasteiger partial charge in [-0.15, -0.1) is 11.3 Å². The predicted octanol–water partition coefficient (Wildman–Crippen LogP) is 12.7. The predicted molar refractivity (Wildman–Crippen MR) is 226 cm³/mol. The lowest BCUT2D eigenvalue weighted by molar-refractivity contribution is 1.07. The van der Waals surface area contributed by atoms with E-state index in [-0.39, 0.29) is 0 Å². The molecule has 55 heavy (non-hydrogen) atoms. The Balaban J connectivity index is 1.23. The summed E-state index contributed by atoms with van der Waals surface area (Å²) in [5.74, 6) is 2.47. The minimum absolute atomic E-state index is 0.584. The van der Waals surface area contributed by atoms with E-state index in [9.17, 15) is 0 Å². The maximum Gasteiger partial charge on any atom is 0.164 e. The van der Waals surface area contributed by atoms with Gasteiger partial charge in [0.2, 0.25) is 0 Å². The van der Waals surface area contributed by atoms with Crippen LogP contribution < -0.4 is 0 Å². The second-order valence-electron chi connectivity index (χ2n) is 13.3. The number of aromatic nitrogens is 5. The summed E-state index contributed by atoms with van der Waals surface area (Å²) in [6.45, 7) is 0. The first kappa shape index (κ1) is 32.5. The Labute approximate surface area is 322 Å². The van der Waals surface area contributed by atoms with Crippen LogP contribution in [0.3, 0.4) is 0 Å². The summed E-state index contributed by atoms with van der Waals surface area (Å²) >= 11 is 1.82. The molecule has 0 unspecified atom stereocenters. The van der Waals surface area contributed by atoms with Gasteiger partial charge in [-0.1, -0.05) is 158 Å². The summed E-state index contributed by atoms with van der Waals surface area (Å²) < 4.78 is 2.54. The maximum atomic E-state index is 5.29. The van der Waals surface area contributed by atoms with Crippen molar-refractivity contribution in [2.75, 3.05) is 0 Å². The van der Waals surface area contributed by atoms with Gasteiger partial charge in [-0.3, -0.25) is 0 Å². The van der Waals surface area contributed by atoms with Gasteiger partial charge in [0.25, 0.3) is 0 Å². The summed E-state index contributed by atoms with van der Waals surface area (Å²) in [6, 6.07) is 64.6. The van der Waals surface area contributed by atoms with Crippen LogP contribution in [0.2, 0.25) is 0 Å². The molecule has 0 N–H and O–H groups in total. The number of benzene rings is 7. The fraction of sp³-hybridized carbons (Fsp3) is 0. The molecular weight excluding hydrogens is 691 g/mol. The summed E-state index contributed by atoms with van der Waals surface area (Å²) in [6.07, 6.45) is 0. The fourth-order valence-electron chi connectivity index (χ4n) is 7.04. The molecule has 0 saturated heterocycles. The molecule has 0 aliphatic heterocycles. The molecule has 0 bridgehead atoms. The molecular formula is C49H31N5S. The highest BCUT2D eigenvalue weighted by molar-refractivity contribution is 7.25. The van der Waals surface area contributed by atoms with E-state index in [0.717, 1.165) is 55.9 Å². The maximum absolute atomic E-state index is 5.29. The SMILES string of the molecule is c1ccc(-c2cc(-c3cc(-c4nc(-c5ccccc5)nc(-c5ccccc5)n4)ccc3-c3ccc4sc5ccccc5c4c3)nc(-c3ccccc3)n2)cc1. The summed E-state index contributed by atoms with van der Waals surface area (Å²) in [4.78, 5) is 25.5. The lowest BCUT2D eigenvalue weighted by Gasteiger charge is -2.15. The molecule has 0 aliphatic rings. The molecule has 6 heteroatoms. The first-order valence-electron chi connectivity index (χ1n) is 18.2. The molecule has 10 aromatic rings. The van der Waals surface area contributed by atoms with E-state index in [4.69, 9.17) is 24.9 Å². The van der Waals surface area contributed by atoms with Crippen LogP contribution in [0.5, 0.6) is 0 Å². The van der Waals surface area contributed by atoms with Crippen molar-refractivity contribution in [3.63, 3.8) is 0 Å². The Morgan fingerprint density at radius 3 is 1.36 bits per heavy atom. The average molecular weight is 722 g/mol. The van der Waals surface area contributed by atoms with E-state index in [1.54, 1.807) is 0 Å². The highest BCUT2D eigenvalue weighted by Crippen LogP contribution is 2.41. The van der Waals surface area contributed by atoms with E-state index in [1.807, 2.05) is 108 Å². The van der Waals surface area contributed by atoms with Gasteiger partial charge in [0.15, 0.2) is 23.3 Å². The molecule has 7 aromatic carbocycles. The van der Waals surface area contributed by atoms with Crippen molar-refractivity contribution in [1.29, 1.82) is 0 Å². The quantitative estimate of drug-likeness (QED) is 0.164. The monoisotopic (exact) mass is 721 g/mol. The van der Waals surface area contributed by atoms with Crippen LogP contribution in [-0.4, -0.2) is 24.9 Å². The van der Waals surface area contributed by atoms with Gasteiger partial charge in [-0.25, -0.2) is 24.9 Å². The minimum Gasteiger partial charge on any atom is -0.228 e. The zero-order valence-corrected chi connectivity index (χ0v) is 30.4. The Morgan fingerprint density at radius 2 is 0.745 bits per heavy atom. The lowest BCUT2D eigenvalue weighted by Crippen LogP contribution is -2.01. The molecule has 3 heterocycles. The van der Waals surface area contributed by atoms with E-state index in [2.05, 4.69) is 91.0 Å². The van der Waals surface area contributed by atoms with E-state index in [1.165, 1.54) is 20.2 Å². The zero-order chi connectivity index (χ0) is 36.6. The van der Waals surface area contributed by atoms with E-state index < -0.39 is 0 Å². The molecule has 0 saturated carbocycles. The van der Waals surface area contributed by atoms with Crippen LogP contribution in [-0.2, 0) is 0 Å². The van der Waals surface area contributed by atoms with Crippen molar-refractivity contribution >= 4 is 31.5 Å². The van der Waals surface area contributed by atoms with Crippen molar-refractivity contribution in [2.45, 2.75) is 0 Å². The first-order valence-corrected chi connectivity index (χ1v) is 19.0. The van der Waals surface area contributed by atoms with Gasteiger partial charge >= 0.3 is 0 Å². The third kappa shape index (κ3) is 6.35. The molecule has 0 fully saturated rings. The van der Waals surface area contributed by atoms with Gasteiger partial charge in [-0.05, 0) is 41.5 Å². The minimum atomic E-state index is 0.584. The average Bonchev–Trinajstić information content (AvgIpc) is 3.65. The Kier molecular flexibility index (Phi) is 8.28. The van der Waals surface area contributed by atoms with Crippen LogP contribution >= 0.6 is 11.3 Å². The molecule has 0 aliphatic carbocycles. The molecule has 258 valence electrons. The van der Waals surface area contributed by atoms with Crippen molar-refractivity contribution in [2.24, 2.45) is 0 Å². The number of thiophene rings is 1. The molecule has 3 aromatic heterocycles. The van der Waals surface area contributed by atoms with Gasteiger partial charge in [-0.2, -0.15) is 0 Å². The van der Waals surface area contributed by atoms with Crippen molar-refractivity contribution < 1.29 is 0 Å². The molecule has 0 radical (unpaired) electrons. The number of hydrogen-bond donors (Lipinski definition) is 0. The number of nitrogens with zero attached hydrogens (tertiary/aromatic N) is 5. The van der Waals surface area contributed by atoms with Crippen molar-refractivity contribution in [1.82, 2.24) is 24.9 Å². The molecule has 0 amide bonds. The standard InChI is InChI=1S/C49H31N5S/c1-5-15-32(16-6-1)42-31-43(51-46(50-42)33-17-7-2-8-18-33)40-30-37(25-27-38(40)36-26-28-45-41(29-36)39-23-13-14-24-44(39)55-45)49-53-47(34-19-9-3-10-20-34)52-48(54-49)35-21-11-4-12-22-35/h1-31H. The smallest absolute Gasteiger partial charge is 0.164 e. The molecule has 5 nitrogen and oxygen atoms in total. The Bertz CT molecular complexity index is 2850. The second kappa shape index (κ2) is 14.0. The van der Waals surface area contributed by atoms with Gasteiger partial charge in [0, 0.05) is 53.6 Å². The van der Waals surface area contributed by atoms with Crippen LogP contribution in [0.1, 0.15) is 0 Å². The van der Waals surface area contributed by atoms with Crippen LogP contribution in [0.25, 0.3) is 99.4 Å². The van der Waals surface area contributed by atoms with E-state index in [0.29, 0.717) is 23.3 Å². The Morgan fingerprint density at radius 1 is 0.273 bits per heavy atom. The van der Waals surface area contributed by atoms with E-state index >= 15 is 0 Å². The first-order chi connectivity index (χ1) is 27.2. The lowest BCUT2D eigenvalue weighted by atomic mass is 9.93. The number of fused-ring (bicyclic) bond motifs is 3. The van der Waals surface area contributed by atoms with Crippen LogP contribution in [0, 0.1) is 0 Å². The zero-order valence-electron chi connectivity index (χ0n) is 29.5. The number of hydrogen-bond acceptors (Lipinski definition) is 6.